The van der Waals surface area contributed by atoms with E-state index in [1.165, 1.54) is 4.31 Å². The van der Waals surface area contributed by atoms with Crippen LogP contribution in [-0.2, 0) is 27.5 Å². The van der Waals surface area contributed by atoms with E-state index in [2.05, 4.69) is 6.92 Å². The van der Waals surface area contributed by atoms with Crippen LogP contribution in [0.3, 0.4) is 0 Å². The molecule has 5 nitrogen and oxygen atoms in total. The fourth-order valence-corrected chi connectivity index (χ4v) is 2.98. The van der Waals surface area contributed by atoms with E-state index in [4.69, 9.17) is 33.3 Å². The van der Waals surface area contributed by atoms with Gasteiger partial charge in [-0.05, 0) is 12.8 Å². The number of rotatable bonds is 4. The Kier molecular flexibility index (Phi) is 13.3. The molecule has 1 saturated heterocycles. The summed E-state index contributed by atoms with van der Waals surface area (Å²) in [6, 6.07) is 0.0648. The molecule has 1 aliphatic heterocycles. The molecule has 1 atom stereocenters. The third kappa shape index (κ3) is 8.49. The summed E-state index contributed by atoms with van der Waals surface area (Å²) >= 11 is -1.75. The first kappa shape index (κ1) is 21.6. The van der Waals surface area contributed by atoms with Crippen LogP contribution < -0.4 is 0 Å². The molecular formula is C8H19Cl3NO4RuS. The van der Waals surface area contributed by atoms with Gasteiger partial charge < -0.3 is 5.48 Å². The Labute approximate surface area is 126 Å². The third-order valence-electron chi connectivity index (χ3n) is 2.17. The molecule has 115 valence electrons. The van der Waals surface area contributed by atoms with Gasteiger partial charge in [0.25, 0.3) is 0 Å². The Morgan fingerprint density at radius 1 is 1.28 bits per heavy atom. The first-order chi connectivity index (χ1) is 7.85. The summed E-state index contributed by atoms with van der Waals surface area (Å²) < 4.78 is 28.9. The molecule has 0 unspecified atom stereocenters. The number of halogens is 3. The van der Waals surface area contributed by atoms with E-state index in [-0.39, 0.29) is 11.5 Å². The van der Waals surface area contributed by atoms with Gasteiger partial charge in [-0.1, -0.05) is 20.3 Å². The Morgan fingerprint density at radius 2 is 1.78 bits per heavy atom. The minimum absolute atomic E-state index is 0. The van der Waals surface area contributed by atoms with Gasteiger partial charge in [-0.25, -0.2) is 0 Å². The van der Waals surface area contributed by atoms with Crippen LogP contribution in [0.5, 0.6) is 0 Å². The molecule has 18 heavy (non-hydrogen) atoms. The number of hydrogen-bond acceptors (Lipinski definition) is 3. The summed E-state index contributed by atoms with van der Waals surface area (Å²) in [6.07, 6.45) is 2.71. The van der Waals surface area contributed by atoms with Crippen molar-refractivity contribution in [1.82, 2.24) is 4.31 Å². The molecule has 2 N–H and O–H groups in total. The van der Waals surface area contributed by atoms with E-state index >= 15 is 0 Å². The summed E-state index contributed by atoms with van der Waals surface area (Å²) in [6.45, 7) is 4.93. The molecule has 0 aromatic rings. The van der Waals surface area contributed by atoms with Crippen molar-refractivity contribution in [2.75, 3.05) is 13.2 Å². The van der Waals surface area contributed by atoms with E-state index in [1.54, 1.807) is 0 Å². The average Bonchev–Trinajstić information content (AvgIpc) is 2.45. The Hall–Kier alpha value is 1.32. The quantitative estimate of drug-likeness (QED) is 0.640. The average molecular weight is 433 g/mol. The number of nitrogens with zero attached hydrogens (tertiary/aromatic N) is 1. The minimum atomic E-state index is -3.39. The standard InChI is InChI=1S/C8H17NO3S.3ClH.H2O.Ru/c1-3-5-8-7-12-13(10,11)9(8)6-4-2;;;;;/h8H,3-7H2,1-2H3;3*1H;1H2;/q;;;;;+3/p-3/t8-;;;;;/m1...../s1. The SMILES string of the molecule is CCC[C@@H]1COS(=O)(=O)N1CCC.O.[Cl][Ru]([Cl])[Cl]. The molecule has 1 heterocycles. The molecule has 0 aromatic carbocycles. The predicted molar refractivity (Wildman–Crippen MR) is 71.7 cm³/mol. The molecule has 0 radical (unpaired) electrons. The maximum atomic E-state index is 11.3. The zero-order chi connectivity index (χ0) is 13.5. The van der Waals surface area contributed by atoms with E-state index in [0.29, 0.717) is 13.2 Å². The van der Waals surface area contributed by atoms with Crippen LogP contribution in [0, 0.1) is 0 Å². The summed E-state index contributed by atoms with van der Waals surface area (Å²) in [5.41, 5.74) is 0. The summed E-state index contributed by atoms with van der Waals surface area (Å²) in [7, 11) is 11.5. The molecule has 10 heteroatoms. The van der Waals surface area contributed by atoms with Crippen LogP contribution in [0.25, 0.3) is 0 Å². The van der Waals surface area contributed by atoms with Gasteiger partial charge in [0.1, 0.15) is 0 Å². The molecule has 0 aliphatic carbocycles. The second kappa shape index (κ2) is 11.0. The van der Waals surface area contributed by atoms with Crippen molar-refractivity contribution in [2.24, 2.45) is 0 Å². The zero-order valence-electron chi connectivity index (χ0n) is 10.2. The van der Waals surface area contributed by atoms with Crippen LogP contribution in [0.15, 0.2) is 0 Å². The van der Waals surface area contributed by atoms with Gasteiger partial charge in [-0.2, -0.15) is 12.7 Å². The van der Waals surface area contributed by atoms with E-state index < -0.39 is 23.3 Å². The molecular weight excluding hydrogens is 414 g/mol. The molecule has 0 saturated carbocycles. The second-order valence-electron chi connectivity index (χ2n) is 3.45. The monoisotopic (exact) mass is 432 g/mol. The van der Waals surface area contributed by atoms with Gasteiger partial charge >= 0.3 is 52.4 Å². The molecule has 1 rings (SSSR count). The first-order valence-electron chi connectivity index (χ1n) is 5.18. The predicted octanol–water partition coefficient (Wildman–Crippen LogP) is 2.38. The molecule has 0 amide bonds. The molecule has 0 aromatic heterocycles. The molecule has 1 aliphatic rings. The van der Waals surface area contributed by atoms with E-state index in [1.807, 2.05) is 6.92 Å². The van der Waals surface area contributed by atoms with Gasteiger partial charge in [0.05, 0.1) is 12.6 Å². The fraction of sp³-hybridized carbons (Fsp3) is 1.00. The Morgan fingerprint density at radius 3 is 2.17 bits per heavy atom. The van der Waals surface area contributed by atoms with Crippen LogP contribution in [-0.4, -0.2) is 37.4 Å². The van der Waals surface area contributed by atoms with Crippen molar-refractivity contribution in [3.8, 4) is 0 Å². The van der Waals surface area contributed by atoms with Gasteiger partial charge in [0.15, 0.2) is 0 Å². The van der Waals surface area contributed by atoms with Crippen LogP contribution >= 0.6 is 29.1 Å². The number of hydrogen-bond donors (Lipinski definition) is 0. The Balaban J connectivity index is 0. The van der Waals surface area contributed by atoms with Gasteiger partial charge in [0, 0.05) is 6.54 Å². The molecule has 1 fully saturated rings. The van der Waals surface area contributed by atoms with E-state index in [9.17, 15) is 8.42 Å². The van der Waals surface area contributed by atoms with Crippen molar-refractivity contribution in [2.45, 2.75) is 39.2 Å². The van der Waals surface area contributed by atoms with E-state index in [0.717, 1.165) is 19.3 Å². The van der Waals surface area contributed by atoms with Crippen molar-refractivity contribution >= 4 is 39.4 Å². The topological polar surface area (TPSA) is 78.1 Å². The summed E-state index contributed by atoms with van der Waals surface area (Å²) in [4.78, 5) is 0. The molecule has 0 bridgehead atoms. The van der Waals surface area contributed by atoms with Crippen LogP contribution in [0.4, 0.5) is 0 Å². The summed E-state index contributed by atoms with van der Waals surface area (Å²) in [5, 5.41) is 0. The zero-order valence-corrected chi connectivity index (χ0v) is 15.0. The van der Waals surface area contributed by atoms with Crippen LogP contribution in [0.2, 0.25) is 0 Å². The second-order valence-corrected chi connectivity index (χ2v) is 12.9. The van der Waals surface area contributed by atoms with Gasteiger partial charge in [0.2, 0.25) is 0 Å². The van der Waals surface area contributed by atoms with Crippen molar-refractivity contribution in [3.63, 3.8) is 0 Å². The third-order valence-corrected chi connectivity index (χ3v) is 3.66. The van der Waals surface area contributed by atoms with Crippen molar-refractivity contribution in [1.29, 1.82) is 0 Å². The normalized spacial score (nSPS) is 22.7. The Bertz CT molecular complexity index is 302. The van der Waals surface area contributed by atoms with Crippen molar-refractivity contribution in [3.05, 3.63) is 0 Å². The van der Waals surface area contributed by atoms with Gasteiger partial charge in [-0.3, -0.25) is 4.18 Å². The van der Waals surface area contributed by atoms with Crippen molar-refractivity contribution < 1.29 is 31.1 Å². The summed E-state index contributed by atoms with van der Waals surface area (Å²) in [5.74, 6) is 0. The van der Waals surface area contributed by atoms with Crippen LogP contribution in [0.1, 0.15) is 33.1 Å². The molecule has 0 spiro atoms. The van der Waals surface area contributed by atoms with Gasteiger partial charge in [-0.15, -0.1) is 0 Å². The fourth-order valence-electron chi connectivity index (χ4n) is 1.57. The maximum absolute atomic E-state index is 11.3. The first-order valence-corrected chi connectivity index (χ1v) is 13.3.